The van der Waals surface area contributed by atoms with E-state index in [4.69, 9.17) is 4.74 Å². The standard InChI is InChI=1S/C7H7N3O/c1-11-7-9-5-2-3-8-4-6(5)10-7/h2-4H,1H3,(H,9,10). The molecule has 0 spiro atoms. The number of H-pyrrole nitrogens is 1. The minimum Gasteiger partial charge on any atom is -0.468 e. The summed E-state index contributed by atoms with van der Waals surface area (Å²) < 4.78 is 4.90. The molecule has 0 radical (unpaired) electrons. The van der Waals surface area contributed by atoms with Gasteiger partial charge in [0.25, 0.3) is 6.01 Å². The summed E-state index contributed by atoms with van der Waals surface area (Å²) in [4.78, 5) is 11.0. The lowest BCUT2D eigenvalue weighted by Gasteiger charge is -1.86. The van der Waals surface area contributed by atoms with Crippen LogP contribution in [-0.4, -0.2) is 22.1 Å². The summed E-state index contributed by atoms with van der Waals surface area (Å²) in [5.41, 5.74) is 1.77. The van der Waals surface area contributed by atoms with Crippen molar-refractivity contribution in [2.45, 2.75) is 0 Å². The molecule has 2 heterocycles. The number of hydrogen-bond donors (Lipinski definition) is 1. The Morgan fingerprint density at radius 3 is 3.18 bits per heavy atom. The number of pyridine rings is 1. The van der Waals surface area contributed by atoms with Crippen molar-refractivity contribution >= 4 is 11.0 Å². The molecule has 2 aromatic rings. The van der Waals surface area contributed by atoms with Gasteiger partial charge in [-0.3, -0.25) is 4.98 Å². The van der Waals surface area contributed by atoms with Gasteiger partial charge in [-0.1, -0.05) is 0 Å². The van der Waals surface area contributed by atoms with Gasteiger partial charge < -0.3 is 9.72 Å². The second-order valence-corrected chi connectivity index (χ2v) is 2.14. The van der Waals surface area contributed by atoms with Gasteiger partial charge in [-0.25, -0.2) is 0 Å². The van der Waals surface area contributed by atoms with Crippen LogP contribution < -0.4 is 4.74 Å². The van der Waals surface area contributed by atoms with Crippen molar-refractivity contribution in [3.63, 3.8) is 0 Å². The van der Waals surface area contributed by atoms with Gasteiger partial charge in [0.1, 0.15) is 0 Å². The van der Waals surface area contributed by atoms with E-state index in [1.165, 1.54) is 0 Å². The molecule has 0 aromatic carbocycles. The summed E-state index contributed by atoms with van der Waals surface area (Å²) in [5.74, 6) is 0. The number of imidazole rings is 1. The van der Waals surface area contributed by atoms with Crippen molar-refractivity contribution in [2.75, 3.05) is 7.11 Å². The topological polar surface area (TPSA) is 50.8 Å². The lowest BCUT2D eigenvalue weighted by atomic mass is 10.4. The Hall–Kier alpha value is -1.58. The molecular weight excluding hydrogens is 142 g/mol. The summed E-state index contributed by atoms with van der Waals surface area (Å²) in [6.07, 6.45) is 3.41. The predicted molar refractivity (Wildman–Crippen MR) is 40.4 cm³/mol. The number of rotatable bonds is 1. The van der Waals surface area contributed by atoms with Crippen molar-refractivity contribution in [3.8, 4) is 6.01 Å². The van der Waals surface area contributed by atoms with E-state index in [1.807, 2.05) is 6.07 Å². The Kier molecular flexibility index (Phi) is 1.25. The van der Waals surface area contributed by atoms with E-state index in [9.17, 15) is 0 Å². The van der Waals surface area contributed by atoms with Crippen LogP contribution >= 0.6 is 0 Å². The van der Waals surface area contributed by atoms with Gasteiger partial charge in [0.05, 0.1) is 24.3 Å². The fraction of sp³-hybridized carbons (Fsp3) is 0.143. The molecule has 4 heteroatoms. The molecule has 0 saturated heterocycles. The van der Waals surface area contributed by atoms with Crippen LogP contribution in [0.2, 0.25) is 0 Å². The molecule has 2 rings (SSSR count). The summed E-state index contributed by atoms with van der Waals surface area (Å²) >= 11 is 0. The lowest BCUT2D eigenvalue weighted by molar-refractivity contribution is 0.386. The zero-order valence-electron chi connectivity index (χ0n) is 6.03. The molecule has 0 aliphatic heterocycles. The van der Waals surface area contributed by atoms with Crippen LogP contribution in [0.1, 0.15) is 0 Å². The number of aromatic nitrogens is 3. The van der Waals surface area contributed by atoms with E-state index in [0.29, 0.717) is 6.01 Å². The number of methoxy groups -OCH3 is 1. The highest BCUT2D eigenvalue weighted by Crippen LogP contribution is 2.12. The van der Waals surface area contributed by atoms with Crippen LogP contribution in [-0.2, 0) is 0 Å². The van der Waals surface area contributed by atoms with Gasteiger partial charge in [-0.05, 0) is 6.07 Å². The zero-order valence-corrected chi connectivity index (χ0v) is 6.03. The number of fused-ring (bicyclic) bond motifs is 1. The minimum atomic E-state index is 0.521. The van der Waals surface area contributed by atoms with Crippen LogP contribution in [0.5, 0.6) is 6.01 Å². The van der Waals surface area contributed by atoms with Gasteiger partial charge in [0.2, 0.25) is 0 Å². The second-order valence-electron chi connectivity index (χ2n) is 2.14. The van der Waals surface area contributed by atoms with Crippen molar-refractivity contribution in [3.05, 3.63) is 18.5 Å². The first kappa shape index (κ1) is 6.15. The third-order valence-electron chi connectivity index (χ3n) is 1.46. The number of ether oxygens (including phenoxy) is 1. The molecule has 0 aliphatic carbocycles. The third-order valence-corrected chi connectivity index (χ3v) is 1.46. The maximum Gasteiger partial charge on any atom is 0.294 e. The van der Waals surface area contributed by atoms with Crippen molar-refractivity contribution in [1.82, 2.24) is 15.0 Å². The summed E-state index contributed by atoms with van der Waals surface area (Å²) in [5, 5.41) is 0. The van der Waals surface area contributed by atoms with Gasteiger partial charge in [0.15, 0.2) is 0 Å². The third kappa shape index (κ3) is 0.920. The highest BCUT2D eigenvalue weighted by Gasteiger charge is 1.99. The van der Waals surface area contributed by atoms with E-state index in [1.54, 1.807) is 19.5 Å². The van der Waals surface area contributed by atoms with Gasteiger partial charge in [0, 0.05) is 6.20 Å². The number of nitrogens with zero attached hydrogens (tertiary/aromatic N) is 2. The maximum atomic E-state index is 4.90. The highest BCUT2D eigenvalue weighted by molar-refractivity contribution is 5.74. The van der Waals surface area contributed by atoms with E-state index >= 15 is 0 Å². The Balaban J connectivity index is 2.69. The molecule has 11 heavy (non-hydrogen) atoms. The van der Waals surface area contributed by atoms with Crippen molar-refractivity contribution < 1.29 is 4.74 Å². The molecule has 0 amide bonds. The molecule has 4 nitrogen and oxygen atoms in total. The van der Waals surface area contributed by atoms with E-state index < -0.39 is 0 Å². The SMILES string of the molecule is COc1nc2ccncc2[nH]1. The van der Waals surface area contributed by atoms with Crippen LogP contribution in [0, 0.1) is 0 Å². The van der Waals surface area contributed by atoms with Gasteiger partial charge in [-0.2, -0.15) is 4.98 Å². The maximum absolute atomic E-state index is 4.90. The average Bonchev–Trinajstić information content (AvgIpc) is 2.46. The van der Waals surface area contributed by atoms with E-state index in [-0.39, 0.29) is 0 Å². The summed E-state index contributed by atoms with van der Waals surface area (Å²) in [7, 11) is 1.57. The first-order chi connectivity index (χ1) is 5.40. The number of aromatic amines is 1. The zero-order chi connectivity index (χ0) is 7.68. The normalized spacial score (nSPS) is 10.3. The molecule has 56 valence electrons. The Morgan fingerprint density at radius 1 is 1.55 bits per heavy atom. The minimum absolute atomic E-state index is 0.521. The fourth-order valence-electron chi connectivity index (χ4n) is 0.930. The molecule has 0 aliphatic rings. The van der Waals surface area contributed by atoms with Crippen LogP contribution in [0.15, 0.2) is 18.5 Å². The van der Waals surface area contributed by atoms with Crippen molar-refractivity contribution in [2.24, 2.45) is 0 Å². The first-order valence-electron chi connectivity index (χ1n) is 3.24. The highest BCUT2D eigenvalue weighted by atomic mass is 16.5. The van der Waals surface area contributed by atoms with Crippen LogP contribution in [0.3, 0.4) is 0 Å². The Bertz CT molecular complexity index is 335. The number of hydrogen-bond acceptors (Lipinski definition) is 3. The molecule has 0 atom stereocenters. The van der Waals surface area contributed by atoms with Crippen LogP contribution in [0.4, 0.5) is 0 Å². The molecule has 2 aromatic heterocycles. The monoisotopic (exact) mass is 149 g/mol. The Labute approximate surface area is 63.2 Å². The molecule has 0 fully saturated rings. The molecule has 1 N–H and O–H groups in total. The smallest absolute Gasteiger partial charge is 0.294 e. The quantitative estimate of drug-likeness (QED) is 0.657. The van der Waals surface area contributed by atoms with E-state index in [2.05, 4.69) is 15.0 Å². The molecule has 0 unspecified atom stereocenters. The van der Waals surface area contributed by atoms with Gasteiger partial charge in [-0.15, -0.1) is 0 Å². The summed E-state index contributed by atoms with van der Waals surface area (Å²) in [6.45, 7) is 0. The van der Waals surface area contributed by atoms with Crippen molar-refractivity contribution in [1.29, 1.82) is 0 Å². The summed E-state index contributed by atoms with van der Waals surface area (Å²) in [6, 6.07) is 2.35. The molecule has 0 bridgehead atoms. The van der Waals surface area contributed by atoms with Crippen LogP contribution in [0.25, 0.3) is 11.0 Å². The Morgan fingerprint density at radius 2 is 2.45 bits per heavy atom. The predicted octanol–water partition coefficient (Wildman–Crippen LogP) is 0.966. The fourth-order valence-corrected chi connectivity index (χ4v) is 0.930. The molecular formula is C7H7N3O. The first-order valence-corrected chi connectivity index (χ1v) is 3.24. The average molecular weight is 149 g/mol. The second kappa shape index (κ2) is 2.23. The van der Waals surface area contributed by atoms with Gasteiger partial charge >= 0.3 is 0 Å². The lowest BCUT2D eigenvalue weighted by Crippen LogP contribution is -1.82. The van der Waals surface area contributed by atoms with E-state index in [0.717, 1.165) is 11.0 Å². The number of nitrogens with one attached hydrogen (secondary N) is 1. The largest absolute Gasteiger partial charge is 0.468 e. The molecule has 0 saturated carbocycles.